The Morgan fingerprint density at radius 3 is 3.04 bits per heavy atom. The second-order valence-electron chi connectivity index (χ2n) is 6.57. The van der Waals surface area contributed by atoms with Gasteiger partial charge in [-0.2, -0.15) is 5.10 Å². The van der Waals surface area contributed by atoms with E-state index < -0.39 is 0 Å². The summed E-state index contributed by atoms with van der Waals surface area (Å²) in [7, 11) is 5.80. The molecule has 2 aromatic heterocycles. The van der Waals surface area contributed by atoms with Gasteiger partial charge in [0.25, 0.3) is 0 Å². The molecule has 0 saturated carbocycles. The van der Waals surface area contributed by atoms with Crippen molar-refractivity contribution in [1.29, 1.82) is 0 Å². The quantitative estimate of drug-likeness (QED) is 0.894. The van der Waals surface area contributed by atoms with Crippen molar-refractivity contribution in [3.63, 3.8) is 0 Å². The molecule has 3 heterocycles. The fourth-order valence-corrected chi connectivity index (χ4v) is 3.24. The topological polar surface area (TPSA) is 72.3 Å². The molecule has 1 saturated heterocycles. The molecule has 0 aromatic carbocycles. The number of aromatic nitrogens is 3. The highest BCUT2D eigenvalue weighted by Crippen LogP contribution is 2.33. The number of nitrogens with one attached hydrogen (secondary N) is 1. The third-order valence-electron chi connectivity index (χ3n) is 4.49. The van der Waals surface area contributed by atoms with Gasteiger partial charge in [-0.15, -0.1) is 0 Å². The summed E-state index contributed by atoms with van der Waals surface area (Å²) >= 11 is 0. The van der Waals surface area contributed by atoms with Crippen LogP contribution in [0.4, 0.5) is 5.69 Å². The van der Waals surface area contributed by atoms with Crippen molar-refractivity contribution >= 4 is 11.6 Å². The fraction of sp³-hybridized carbons (Fsp3) is 0.500. The van der Waals surface area contributed by atoms with Gasteiger partial charge >= 0.3 is 0 Å². The van der Waals surface area contributed by atoms with Crippen LogP contribution in [0.3, 0.4) is 0 Å². The summed E-state index contributed by atoms with van der Waals surface area (Å²) in [5.41, 5.74) is 2.82. The van der Waals surface area contributed by atoms with Crippen LogP contribution < -0.4 is 10.2 Å². The highest BCUT2D eigenvalue weighted by atomic mass is 16.5. The third-order valence-corrected chi connectivity index (χ3v) is 4.49. The van der Waals surface area contributed by atoms with Crippen LogP contribution in [-0.2, 0) is 23.1 Å². The van der Waals surface area contributed by atoms with E-state index >= 15 is 0 Å². The van der Waals surface area contributed by atoms with E-state index in [2.05, 4.69) is 15.4 Å². The SMILES string of the molecule is CN(C)c1cccnc1CNC(=O)[C@@H]1CCCO[C@H]1c1cnn(C)c1. The van der Waals surface area contributed by atoms with Crippen molar-refractivity contribution < 1.29 is 9.53 Å². The number of rotatable bonds is 5. The number of hydrogen-bond donors (Lipinski definition) is 1. The maximum Gasteiger partial charge on any atom is 0.226 e. The minimum Gasteiger partial charge on any atom is -0.376 e. The zero-order valence-corrected chi connectivity index (χ0v) is 15.0. The first-order valence-corrected chi connectivity index (χ1v) is 8.55. The van der Waals surface area contributed by atoms with Gasteiger partial charge < -0.3 is 15.0 Å². The third kappa shape index (κ3) is 3.99. The predicted molar refractivity (Wildman–Crippen MR) is 95.0 cm³/mol. The van der Waals surface area contributed by atoms with Crippen molar-refractivity contribution in [1.82, 2.24) is 20.1 Å². The Kier molecular flexibility index (Phi) is 5.33. The summed E-state index contributed by atoms with van der Waals surface area (Å²) < 4.78 is 7.62. The molecule has 1 amide bonds. The van der Waals surface area contributed by atoms with Crippen LogP contribution in [0.15, 0.2) is 30.7 Å². The van der Waals surface area contributed by atoms with Crippen LogP contribution in [0.5, 0.6) is 0 Å². The summed E-state index contributed by atoms with van der Waals surface area (Å²) in [5.74, 6) is -0.201. The molecule has 0 radical (unpaired) electrons. The van der Waals surface area contributed by atoms with Crippen LogP contribution in [0.2, 0.25) is 0 Å². The van der Waals surface area contributed by atoms with E-state index in [1.54, 1.807) is 17.1 Å². The molecular weight excluding hydrogens is 318 g/mol. The molecule has 1 aliphatic rings. The molecule has 0 aliphatic carbocycles. The molecule has 2 atom stereocenters. The van der Waals surface area contributed by atoms with E-state index in [1.807, 2.05) is 44.4 Å². The number of ether oxygens (including phenoxy) is 1. The number of amides is 1. The first-order chi connectivity index (χ1) is 12.1. The van der Waals surface area contributed by atoms with Crippen molar-refractivity contribution in [2.75, 3.05) is 25.6 Å². The van der Waals surface area contributed by atoms with Crippen molar-refractivity contribution in [3.8, 4) is 0 Å². The minimum absolute atomic E-state index is 0.00362. The van der Waals surface area contributed by atoms with Gasteiger partial charge in [-0.25, -0.2) is 0 Å². The monoisotopic (exact) mass is 343 g/mol. The van der Waals surface area contributed by atoms with Crippen LogP contribution in [-0.4, -0.2) is 41.4 Å². The number of anilines is 1. The first kappa shape index (κ1) is 17.4. The molecule has 1 N–H and O–H groups in total. The lowest BCUT2D eigenvalue weighted by Gasteiger charge is -2.30. The molecular formula is C18H25N5O2. The second kappa shape index (κ2) is 7.65. The van der Waals surface area contributed by atoms with Crippen LogP contribution in [0, 0.1) is 5.92 Å². The lowest BCUT2D eigenvalue weighted by Crippen LogP contribution is -2.37. The summed E-state index contributed by atoms with van der Waals surface area (Å²) in [4.78, 5) is 19.2. The molecule has 2 aromatic rings. The predicted octanol–water partition coefficient (Wildman–Crippen LogP) is 1.67. The number of nitrogens with zero attached hydrogens (tertiary/aromatic N) is 4. The Morgan fingerprint density at radius 2 is 2.32 bits per heavy atom. The summed E-state index contributed by atoms with van der Waals surface area (Å²) in [5, 5.41) is 7.23. The van der Waals surface area contributed by atoms with E-state index in [-0.39, 0.29) is 17.9 Å². The highest BCUT2D eigenvalue weighted by molar-refractivity contribution is 5.79. The lowest BCUT2D eigenvalue weighted by atomic mass is 9.90. The van der Waals surface area contributed by atoms with Crippen LogP contribution in [0.1, 0.15) is 30.2 Å². The molecule has 25 heavy (non-hydrogen) atoms. The zero-order valence-electron chi connectivity index (χ0n) is 15.0. The molecule has 7 heteroatoms. The number of aryl methyl sites for hydroxylation is 1. The van der Waals surface area contributed by atoms with Gasteiger partial charge in [-0.1, -0.05) is 0 Å². The summed E-state index contributed by atoms with van der Waals surface area (Å²) in [6.45, 7) is 1.08. The number of carbonyl (C=O) groups is 1. The van der Waals surface area contributed by atoms with Crippen LogP contribution in [0.25, 0.3) is 0 Å². The Balaban J connectivity index is 1.69. The van der Waals surface area contributed by atoms with E-state index in [0.717, 1.165) is 29.8 Å². The van der Waals surface area contributed by atoms with Gasteiger partial charge in [0, 0.05) is 45.7 Å². The normalized spacial score (nSPS) is 20.3. The molecule has 1 aliphatic heterocycles. The zero-order chi connectivity index (χ0) is 17.8. The van der Waals surface area contributed by atoms with Gasteiger partial charge in [0.15, 0.2) is 0 Å². The van der Waals surface area contributed by atoms with Crippen LogP contribution >= 0.6 is 0 Å². The van der Waals surface area contributed by atoms with Gasteiger partial charge in [0.1, 0.15) is 0 Å². The molecule has 0 spiro atoms. The molecule has 3 rings (SSSR count). The molecule has 134 valence electrons. The highest BCUT2D eigenvalue weighted by Gasteiger charge is 2.33. The van der Waals surface area contributed by atoms with E-state index in [0.29, 0.717) is 13.2 Å². The smallest absolute Gasteiger partial charge is 0.226 e. The standard InChI is InChI=1S/C18H25N5O2/c1-22(2)16-7-4-8-19-15(16)11-20-18(24)14-6-5-9-25-17(14)13-10-21-23(3)12-13/h4,7-8,10,12,14,17H,5-6,9,11H2,1-3H3,(H,20,24)/t14-,17+/m1/s1. The average molecular weight is 343 g/mol. The number of hydrogen-bond acceptors (Lipinski definition) is 5. The van der Waals surface area contributed by atoms with E-state index in [4.69, 9.17) is 4.74 Å². The first-order valence-electron chi connectivity index (χ1n) is 8.55. The number of carbonyl (C=O) groups excluding carboxylic acids is 1. The Hall–Kier alpha value is -2.41. The molecule has 0 unspecified atom stereocenters. The fourth-order valence-electron chi connectivity index (χ4n) is 3.24. The van der Waals surface area contributed by atoms with Crippen molar-refractivity contribution in [3.05, 3.63) is 42.0 Å². The maximum absolute atomic E-state index is 12.8. The molecule has 7 nitrogen and oxygen atoms in total. The van der Waals surface area contributed by atoms with E-state index in [9.17, 15) is 4.79 Å². The minimum atomic E-state index is -0.237. The Labute approximate surface area is 148 Å². The average Bonchev–Trinajstić information content (AvgIpc) is 3.06. The number of pyridine rings is 1. The lowest BCUT2D eigenvalue weighted by molar-refractivity contribution is -0.134. The summed E-state index contributed by atoms with van der Waals surface area (Å²) in [6, 6.07) is 3.89. The second-order valence-corrected chi connectivity index (χ2v) is 6.57. The Bertz CT molecular complexity index is 728. The molecule has 0 bridgehead atoms. The van der Waals surface area contributed by atoms with Gasteiger partial charge in [0.2, 0.25) is 5.91 Å². The Morgan fingerprint density at radius 1 is 1.48 bits per heavy atom. The maximum atomic E-state index is 12.8. The van der Waals surface area contributed by atoms with E-state index in [1.165, 1.54) is 0 Å². The van der Waals surface area contributed by atoms with Gasteiger partial charge in [-0.05, 0) is 25.0 Å². The summed E-state index contributed by atoms with van der Waals surface area (Å²) in [6.07, 6.45) is 6.91. The largest absolute Gasteiger partial charge is 0.376 e. The van der Waals surface area contributed by atoms with Crippen molar-refractivity contribution in [2.24, 2.45) is 13.0 Å². The van der Waals surface area contributed by atoms with Crippen molar-refractivity contribution in [2.45, 2.75) is 25.5 Å². The van der Waals surface area contributed by atoms with Gasteiger partial charge in [0.05, 0.1) is 36.1 Å². The van der Waals surface area contributed by atoms with Gasteiger partial charge in [-0.3, -0.25) is 14.5 Å². The molecule has 1 fully saturated rings.